The van der Waals surface area contributed by atoms with Crippen molar-refractivity contribution in [1.82, 2.24) is 19.7 Å². The van der Waals surface area contributed by atoms with Crippen LogP contribution in [-0.2, 0) is 29.0 Å². The zero-order valence-electron chi connectivity index (χ0n) is 18.2. The molecule has 2 aromatic heterocycles. The predicted octanol–water partition coefficient (Wildman–Crippen LogP) is 4.40. The fourth-order valence-electron chi connectivity index (χ4n) is 2.92. The molecule has 0 unspecified atom stereocenters. The Morgan fingerprint density at radius 3 is 2.91 bits per heavy atom. The van der Waals surface area contributed by atoms with Crippen molar-refractivity contribution in [2.24, 2.45) is 0 Å². The smallest absolute Gasteiger partial charge is 0.229 e. The number of hydrogen-bond acceptors (Lipinski definition) is 7. The number of carbonyl (C=O) groups excluding carboxylic acids is 1. The molecule has 0 saturated carbocycles. The number of nitrogens with one attached hydrogen (secondary N) is 2. The van der Waals surface area contributed by atoms with E-state index in [4.69, 9.17) is 16.3 Å². The van der Waals surface area contributed by atoms with Gasteiger partial charge >= 0.3 is 0 Å². The molecule has 3 aromatic rings. The molecule has 9 heteroatoms. The first-order chi connectivity index (χ1) is 15.4. The first kappa shape index (κ1) is 23.4. The van der Waals surface area contributed by atoms with E-state index in [2.05, 4.69) is 32.3 Å². The lowest BCUT2D eigenvalue weighted by molar-refractivity contribution is -0.114. The first-order valence-electron chi connectivity index (χ1n) is 10.3. The average molecular weight is 455 g/mol. The molecule has 32 heavy (non-hydrogen) atoms. The lowest BCUT2D eigenvalue weighted by Crippen LogP contribution is -2.10. The van der Waals surface area contributed by atoms with Crippen LogP contribution in [0.2, 0.25) is 5.02 Å². The van der Waals surface area contributed by atoms with Gasteiger partial charge in [-0.15, -0.1) is 0 Å². The van der Waals surface area contributed by atoms with Crippen LogP contribution in [0.4, 0.5) is 17.5 Å². The lowest BCUT2D eigenvalue weighted by Gasteiger charge is -2.10. The molecule has 3 rings (SSSR count). The van der Waals surface area contributed by atoms with Gasteiger partial charge in [0.15, 0.2) is 11.6 Å². The van der Waals surface area contributed by atoms with Crippen molar-refractivity contribution < 1.29 is 9.53 Å². The topological polar surface area (TPSA) is 94.0 Å². The van der Waals surface area contributed by atoms with Gasteiger partial charge in [-0.05, 0) is 31.1 Å². The van der Waals surface area contributed by atoms with E-state index in [1.807, 2.05) is 44.3 Å². The second kappa shape index (κ2) is 11.4. The highest BCUT2D eigenvalue weighted by molar-refractivity contribution is 6.32. The van der Waals surface area contributed by atoms with Gasteiger partial charge in [-0.3, -0.25) is 9.48 Å². The Hall–Kier alpha value is -3.23. The quantitative estimate of drug-likeness (QED) is 0.391. The summed E-state index contributed by atoms with van der Waals surface area (Å²) in [6.45, 7) is 9.27. The van der Waals surface area contributed by atoms with Crippen LogP contribution >= 0.6 is 11.6 Å². The second-order valence-electron chi connectivity index (χ2n) is 7.45. The molecule has 0 saturated heterocycles. The van der Waals surface area contributed by atoms with E-state index in [1.54, 1.807) is 17.1 Å². The summed E-state index contributed by atoms with van der Waals surface area (Å²) in [6, 6.07) is 7.78. The second-order valence-corrected chi connectivity index (χ2v) is 7.85. The minimum Gasteiger partial charge on any atom is -0.377 e. The molecule has 2 heterocycles. The van der Waals surface area contributed by atoms with Gasteiger partial charge in [0.25, 0.3) is 0 Å². The van der Waals surface area contributed by atoms with E-state index in [1.165, 1.54) is 6.08 Å². The van der Waals surface area contributed by atoms with Gasteiger partial charge in [-0.25, -0.2) is 4.98 Å². The summed E-state index contributed by atoms with van der Waals surface area (Å²) in [5.74, 6) is 0.898. The van der Waals surface area contributed by atoms with Gasteiger partial charge in [0, 0.05) is 19.2 Å². The van der Waals surface area contributed by atoms with Crippen LogP contribution < -0.4 is 10.6 Å². The molecule has 0 aliphatic rings. The number of aromatic nitrogens is 4. The van der Waals surface area contributed by atoms with Gasteiger partial charge in [-0.1, -0.05) is 42.4 Å². The Kier molecular flexibility index (Phi) is 8.35. The van der Waals surface area contributed by atoms with Crippen molar-refractivity contribution in [1.29, 1.82) is 0 Å². The molecule has 0 bridgehead atoms. The Morgan fingerprint density at radius 2 is 2.12 bits per heavy atom. The molecule has 2 N–H and O–H groups in total. The summed E-state index contributed by atoms with van der Waals surface area (Å²) in [5.41, 5.74) is 2.71. The number of nitrogens with zero attached hydrogens (tertiary/aromatic N) is 4. The third-order valence-electron chi connectivity index (χ3n) is 4.46. The minimum absolute atomic E-state index is 0.0135. The monoisotopic (exact) mass is 454 g/mol. The number of ether oxygens (including phenoxy) is 1. The van der Waals surface area contributed by atoms with Crippen molar-refractivity contribution in [3.63, 3.8) is 0 Å². The van der Waals surface area contributed by atoms with Gasteiger partial charge < -0.3 is 15.4 Å². The summed E-state index contributed by atoms with van der Waals surface area (Å²) in [4.78, 5) is 20.3. The first-order valence-corrected chi connectivity index (χ1v) is 10.7. The minimum atomic E-state index is -0.0135. The van der Waals surface area contributed by atoms with E-state index in [9.17, 15) is 4.79 Å². The number of rotatable bonds is 12. The maximum atomic E-state index is 11.6. The van der Waals surface area contributed by atoms with E-state index in [0.717, 1.165) is 16.8 Å². The summed E-state index contributed by atoms with van der Waals surface area (Å²) in [5, 5.41) is 11.1. The van der Waals surface area contributed by atoms with Gasteiger partial charge in [0.05, 0.1) is 37.3 Å². The highest BCUT2D eigenvalue weighted by Crippen LogP contribution is 2.22. The molecule has 0 atom stereocenters. The third-order valence-corrected chi connectivity index (χ3v) is 4.74. The van der Waals surface area contributed by atoms with E-state index in [-0.39, 0.29) is 11.9 Å². The maximum Gasteiger partial charge on any atom is 0.229 e. The van der Waals surface area contributed by atoms with Crippen molar-refractivity contribution in [2.75, 3.05) is 17.2 Å². The van der Waals surface area contributed by atoms with Crippen molar-refractivity contribution in [2.45, 2.75) is 39.5 Å². The maximum absolute atomic E-state index is 11.6. The summed E-state index contributed by atoms with van der Waals surface area (Å²) in [6.07, 6.45) is 6.97. The van der Waals surface area contributed by atoms with E-state index >= 15 is 0 Å². The molecule has 168 valence electrons. The molecule has 0 spiro atoms. The third kappa shape index (κ3) is 7.18. The van der Waals surface area contributed by atoms with E-state index < -0.39 is 0 Å². The Bertz CT molecular complexity index is 1070. The Balaban J connectivity index is 1.60. The number of ketones is 1. The zero-order valence-corrected chi connectivity index (χ0v) is 19.0. The number of halogens is 1. The average Bonchev–Trinajstić information content (AvgIpc) is 3.21. The standard InChI is InChI=1S/C23H27ClN6O2/c1-4-20(31)11-17-6-5-7-18(10-17)12-25-22-21(24)14-26-23(29-22)28-19-13-27-30(15-19)8-9-32-16(2)3/h4-7,10,13-16H,1,8-9,11-12H2,2-3H3,(H2,25,26,28,29). The van der Waals surface area contributed by atoms with Crippen LogP contribution in [0.5, 0.6) is 0 Å². The molecule has 0 fully saturated rings. The summed E-state index contributed by atoms with van der Waals surface area (Å²) < 4.78 is 7.34. The fraction of sp³-hybridized carbons (Fsp3) is 0.304. The molecule has 1 aromatic carbocycles. The molecule has 8 nitrogen and oxygen atoms in total. The number of carbonyl (C=O) groups is 1. The van der Waals surface area contributed by atoms with Crippen LogP contribution in [0.1, 0.15) is 25.0 Å². The number of hydrogen-bond donors (Lipinski definition) is 2. The summed E-state index contributed by atoms with van der Waals surface area (Å²) in [7, 11) is 0. The molecule has 0 aliphatic heterocycles. The summed E-state index contributed by atoms with van der Waals surface area (Å²) >= 11 is 6.27. The molecule has 0 amide bonds. The number of anilines is 3. The van der Waals surface area contributed by atoms with Crippen molar-refractivity contribution in [3.8, 4) is 0 Å². The fourth-order valence-corrected chi connectivity index (χ4v) is 3.08. The Labute approximate surface area is 192 Å². The molecular weight excluding hydrogens is 428 g/mol. The highest BCUT2D eigenvalue weighted by atomic mass is 35.5. The van der Waals surface area contributed by atoms with E-state index in [0.29, 0.717) is 42.9 Å². The van der Waals surface area contributed by atoms with Crippen molar-refractivity contribution in [3.05, 3.63) is 71.7 Å². The van der Waals surface area contributed by atoms with Crippen LogP contribution in [0.15, 0.2) is 55.5 Å². The van der Waals surface area contributed by atoms with Crippen LogP contribution in [-0.4, -0.2) is 38.2 Å². The SMILES string of the molecule is C=CC(=O)Cc1cccc(CNc2nc(Nc3cnn(CCOC(C)C)c3)ncc2Cl)c1. The largest absolute Gasteiger partial charge is 0.377 e. The van der Waals surface area contributed by atoms with Gasteiger partial charge in [-0.2, -0.15) is 10.1 Å². The van der Waals surface area contributed by atoms with Crippen molar-refractivity contribution >= 4 is 34.8 Å². The highest BCUT2D eigenvalue weighted by Gasteiger charge is 2.08. The van der Waals surface area contributed by atoms with Gasteiger partial charge in [0.2, 0.25) is 5.95 Å². The Morgan fingerprint density at radius 1 is 1.31 bits per heavy atom. The predicted molar refractivity (Wildman–Crippen MR) is 126 cm³/mol. The van der Waals surface area contributed by atoms with Crippen LogP contribution in [0.3, 0.4) is 0 Å². The lowest BCUT2D eigenvalue weighted by atomic mass is 10.1. The number of benzene rings is 1. The molecule has 0 radical (unpaired) electrons. The van der Waals surface area contributed by atoms with Crippen LogP contribution in [0.25, 0.3) is 0 Å². The molecule has 0 aliphatic carbocycles. The van der Waals surface area contributed by atoms with Crippen LogP contribution in [0, 0.1) is 0 Å². The normalized spacial score (nSPS) is 10.9. The zero-order chi connectivity index (χ0) is 22.9. The van der Waals surface area contributed by atoms with Gasteiger partial charge in [0.1, 0.15) is 5.02 Å². The number of allylic oxidation sites excluding steroid dienone is 1. The molecular formula is C23H27ClN6O2.